The van der Waals surface area contributed by atoms with Crippen LogP contribution in [0.1, 0.15) is 37.2 Å². The van der Waals surface area contributed by atoms with Gasteiger partial charge in [0.15, 0.2) is 0 Å². The van der Waals surface area contributed by atoms with Gasteiger partial charge in [-0.1, -0.05) is 30.3 Å². The standard InChI is InChI=1S/C14H20N2O.ClH/c15-14(17)8-4-5-9-16-13-10-12(13)11-6-2-1-3-7-11;/h1-3,6-7,12-13,16H,4-5,8-10H2,(H2,15,17);1H. The molecule has 4 heteroatoms. The molecule has 0 bridgehead atoms. The van der Waals surface area contributed by atoms with Crippen LogP contribution in [0.15, 0.2) is 30.3 Å². The third kappa shape index (κ3) is 4.67. The summed E-state index contributed by atoms with van der Waals surface area (Å²) in [6.07, 6.45) is 3.67. The van der Waals surface area contributed by atoms with E-state index in [1.165, 1.54) is 12.0 Å². The molecule has 1 aromatic rings. The van der Waals surface area contributed by atoms with E-state index in [1.807, 2.05) is 0 Å². The lowest BCUT2D eigenvalue weighted by Crippen LogP contribution is -2.19. The third-order valence-electron chi connectivity index (χ3n) is 3.27. The first-order chi connectivity index (χ1) is 8.27. The Labute approximate surface area is 115 Å². The lowest BCUT2D eigenvalue weighted by Gasteiger charge is -2.03. The van der Waals surface area contributed by atoms with Gasteiger partial charge in [-0.25, -0.2) is 0 Å². The van der Waals surface area contributed by atoms with Crippen molar-refractivity contribution in [2.45, 2.75) is 37.6 Å². The Morgan fingerprint density at radius 3 is 2.67 bits per heavy atom. The molecular formula is C14H21ClN2O. The number of hydrogen-bond donors (Lipinski definition) is 2. The van der Waals surface area contributed by atoms with Crippen molar-refractivity contribution in [3.63, 3.8) is 0 Å². The molecule has 1 aromatic carbocycles. The molecule has 1 aliphatic rings. The Balaban J connectivity index is 0.00000162. The lowest BCUT2D eigenvalue weighted by molar-refractivity contribution is -0.118. The first-order valence-electron chi connectivity index (χ1n) is 6.34. The molecule has 2 rings (SSSR count). The van der Waals surface area contributed by atoms with Gasteiger partial charge in [0.25, 0.3) is 0 Å². The van der Waals surface area contributed by atoms with E-state index in [2.05, 4.69) is 35.6 Å². The SMILES string of the molecule is Cl.NC(=O)CCCCNC1CC1c1ccccc1. The molecule has 0 heterocycles. The monoisotopic (exact) mass is 268 g/mol. The molecule has 0 saturated heterocycles. The molecule has 3 nitrogen and oxygen atoms in total. The average Bonchev–Trinajstić information content (AvgIpc) is 3.09. The smallest absolute Gasteiger partial charge is 0.217 e. The fourth-order valence-corrected chi connectivity index (χ4v) is 2.20. The molecule has 0 radical (unpaired) electrons. The fourth-order valence-electron chi connectivity index (χ4n) is 2.20. The molecule has 1 aliphatic carbocycles. The third-order valence-corrected chi connectivity index (χ3v) is 3.27. The number of primary amides is 1. The first kappa shape index (κ1) is 15.0. The molecule has 2 atom stereocenters. The van der Waals surface area contributed by atoms with Crippen LogP contribution < -0.4 is 11.1 Å². The Kier molecular flexibility index (Phi) is 6.16. The summed E-state index contributed by atoms with van der Waals surface area (Å²) in [5, 5.41) is 3.53. The number of hydrogen-bond acceptors (Lipinski definition) is 2. The van der Waals surface area contributed by atoms with Gasteiger partial charge in [0.2, 0.25) is 5.91 Å². The van der Waals surface area contributed by atoms with Gasteiger partial charge in [0, 0.05) is 18.4 Å². The number of carbonyl (C=O) groups excluding carboxylic acids is 1. The molecule has 1 amide bonds. The van der Waals surface area contributed by atoms with Crippen LogP contribution >= 0.6 is 12.4 Å². The second-order valence-corrected chi connectivity index (χ2v) is 4.74. The van der Waals surface area contributed by atoms with Crippen LogP contribution in [0.25, 0.3) is 0 Å². The Morgan fingerprint density at radius 2 is 2.00 bits per heavy atom. The van der Waals surface area contributed by atoms with E-state index in [0.29, 0.717) is 18.4 Å². The van der Waals surface area contributed by atoms with Gasteiger partial charge in [0.1, 0.15) is 0 Å². The molecule has 0 aliphatic heterocycles. The zero-order chi connectivity index (χ0) is 12.1. The summed E-state index contributed by atoms with van der Waals surface area (Å²) in [5.41, 5.74) is 6.52. The molecule has 18 heavy (non-hydrogen) atoms. The number of carbonyl (C=O) groups is 1. The fraction of sp³-hybridized carbons (Fsp3) is 0.500. The number of benzene rings is 1. The number of rotatable bonds is 7. The predicted molar refractivity (Wildman–Crippen MR) is 75.9 cm³/mol. The van der Waals surface area contributed by atoms with Gasteiger partial charge in [-0.15, -0.1) is 12.4 Å². The van der Waals surface area contributed by atoms with E-state index < -0.39 is 0 Å². The van der Waals surface area contributed by atoms with Gasteiger partial charge in [-0.05, 0) is 31.4 Å². The summed E-state index contributed by atoms with van der Waals surface area (Å²) in [4.78, 5) is 10.5. The van der Waals surface area contributed by atoms with Crippen molar-refractivity contribution < 1.29 is 4.79 Å². The zero-order valence-corrected chi connectivity index (χ0v) is 11.3. The van der Waals surface area contributed by atoms with E-state index in [0.717, 1.165) is 19.4 Å². The van der Waals surface area contributed by atoms with Crippen LogP contribution in [0.5, 0.6) is 0 Å². The molecule has 0 spiro atoms. The molecule has 0 aromatic heterocycles. The van der Waals surface area contributed by atoms with E-state index in [4.69, 9.17) is 5.73 Å². The topological polar surface area (TPSA) is 55.1 Å². The molecule has 1 fully saturated rings. The van der Waals surface area contributed by atoms with Gasteiger partial charge >= 0.3 is 0 Å². The van der Waals surface area contributed by atoms with E-state index in [9.17, 15) is 4.79 Å². The lowest BCUT2D eigenvalue weighted by atomic mass is 10.1. The maximum atomic E-state index is 10.5. The predicted octanol–water partition coefficient (Wildman–Crippen LogP) is 2.21. The normalized spacial score (nSPS) is 21.1. The molecule has 1 saturated carbocycles. The quantitative estimate of drug-likeness (QED) is 0.745. The number of nitrogens with two attached hydrogens (primary N) is 1. The summed E-state index contributed by atoms with van der Waals surface area (Å²) in [6.45, 7) is 0.987. The minimum absolute atomic E-state index is 0. The maximum Gasteiger partial charge on any atom is 0.217 e. The van der Waals surface area contributed by atoms with Gasteiger partial charge in [-0.2, -0.15) is 0 Å². The van der Waals surface area contributed by atoms with Crippen molar-refractivity contribution in [3.05, 3.63) is 35.9 Å². The van der Waals surface area contributed by atoms with Crippen molar-refractivity contribution in [2.75, 3.05) is 6.54 Å². The Hall–Kier alpha value is -1.06. The van der Waals surface area contributed by atoms with Crippen LogP contribution in [0, 0.1) is 0 Å². The average molecular weight is 269 g/mol. The Morgan fingerprint density at radius 1 is 1.28 bits per heavy atom. The van der Waals surface area contributed by atoms with Crippen molar-refractivity contribution in [2.24, 2.45) is 5.73 Å². The number of nitrogens with one attached hydrogen (secondary N) is 1. The van der Waals surface area contributed by atoms with E-state index in [-0.39, 0.29) is 18.3 Å². The van der Waals surface area contributed by atoms with Crippen LogP contribution in [0.3, 0.4) is 0 Å². The molecule has 2 unspecified atom stereocenters. The van der Waals surface area contributed by atoms with Crippen LogP contribution in [0.2, 0.25) is 0 Å². The highest BCUT2D eigenvalue weighted by molar-refractivity contribution is 5.85. The second-order valence-electron chi connectivity index (χ2n) is 4.74. The minimum atomic E-state index is -0.196. The summed E-state index contributed by atoms with van der Waals surface area (Å²) >= 11 is 0. The largest absolute Gasteiger partial charge is 0.370 e. The van der Waals surface area contributed by atoms with Crippen LogP contribution in [0.4, 0.5) is 0 Å². The van der Waals surface area contributed by atoms with Crippen LogP contribution in [-0.4, -0.2) is 18.5 Å². The van der Waals surface area contributed by atoms with E-state index in [1.54, 1.807) is 0 Å². The number of halogens is 1. The highest BCUT2D eigenvalue weighted by Crippen LogP contribution is 2.40. The molecular weight excluding hydrogens is 248 g/mol. The zero-order valence-electron chi connectivity index (χ0n) is 10.5. The van der Waals surface area contributed by atoms with E-state index >= 15 is 0 Å². The maximum absolute atomic E-state index is 10.5. The van der Waals surface area contributed by atoms with Gasteiger partial charge < -0.3 is 11.1 Å². The van der Waals surface area contributed by atoms with Gasteiger partial charge in [-0.3, -0.25) is 4.79 Å². The van der Waals surface area contributed by atoms with Crippen molar-refractivity contribution in [1.29, 1.82) is 0 Å². The van der Waals surface area contributed by atoms with Gasteiger partial charge in [0.05, 0.1) is 0 Å². The summed E-state index contributed by atoms with van der Waals surface area (Å²) in [7, 11) is 0. The van der Waals surface area contributed by atoms with Crippen molar-refractivity contribution in [1.82, 2.24) is 5.32 Å². The first-order valence-corrected chi connectivity index (χ1v) is 6.34. The van der Waals surface area contributed by atoms with Crippen LogP contribution in [-0.2, 0) is 4.79 Å². The highest BCUT2D eigenvalue weighted by Gasteiger charge is 2.37. The van der Waals surface area contributed by atoms with Crippen molar-refractivity contribution in [3.8, 4) is 0 Å². The highest BCUT2D eigenvalue weighted by atomic mass is 35.5. The van der Waals surface area contributed by atoms with Crippen molar-refractivity contribution >= 4 is 18.3 Å². The second kappa shape index (κ2) is 7.39. The summed E-state index contributed by atoms with van der Waals surface area (Å²) in [5.74, 6) is 0.492. The molecule has 100 valence electrons. The number of amides is 1. The number of unbranched alkanes of at least 4 members (excludes halogenated alkanes) is 1. The summed E-state index contributed by atoms with van der Waals surface area (Å²) < 4.78 is 0. The summed E-state index contributed by atoms with van der Waals surface area (Å²) in [6, 6.07) is 11.3. The minimum Gasteiger partial charge on any atom is -0.370 e. The Bertz CT molecular complexity index is 369. The molecule has 3 N–H and O–H groups in total.